The summed E-state index contributed by atoms with van der Waals surface area (Å²) < 4.78 is 31.8. The highest BCUT2D eigenvalue weighted by Crippen LogP contribution is 2.44. The summed E-state index contributed by atoms with van der Waals surface area (Å²) in [6.07, 6.45) is -3.90. The highest BCUT2D eigenvalue weighted by atomic mass is 31.2. The van der Waals surface area contributed by atoms with Gasteiger partial charge in [-0.25, -0.2) is 9.18 Å². The van der Waals surface area contributed by atoms with E-state index in [1.54, 1.807) is 0 Å². The molecule has 1 saturated heterocycles. The lowest BCUT2D eigenvalue weighted by molar-refractivity contribution is -0.0509. The van der Waals surface area contributed by atoms with Crippen molar-refractivity contribution < 1.29 is 28.6 Å². The van der Waals surface area contributed by atoms with E-state index in [4.69, 9.17) is 20.3 Å². The van der Waals surface area contributed by atoms with Gasteiger partial charge in [-0.1, -0.05) is 0 Å². The molecule has 22 heavy (non-hydrogen) atoms. The molecule has 1 aromatic rings. The Kier molecular flexibility index (Phi) is 4.42. The number of aromatic nitrogens is 2. The lowest BCUT2D eigenvalue weighted by atomic mass is 9.97. The maximum absolute atomic E-state index is 14.7. The second-order valence-electron chi connectivity index (χ2n) is 5.34. The third kappa shape index (κ3) is 3.36. The molecule has 1 aliphatic rings. The number of aliphatic hydroxyl groups excluding tert-OH is 1. The van der Waals surface area contributed by atoms with E-state index >= 15 is 0 Å². The van der Waals surface area contributed by atoms with E-state index in [1.165, 1.54) is 12.3 Å². The number of alkyl halides is 1. The summed E-state index contributed by atoms with van der Waals surface area (Å²) in [4.78, 5) is 32.9. The molecule has 0 radical (unpaired) electrons. The Balaban J connectivity index is 2.26. The Hall–Kier alpha value is -1.32. The predicted octanol–water partition coefficient (Wildman–Crippen LogP) is -0.620. The van der Waals surface area contributed by atoms with Crippen molar-refractivity contribution in [3.05, 3.63) is 22.7 Å². The Labute approximate surface area is 124 Å². The first-order valence-electron chi connectivity index (χ1n) is 6.44. The van der Waals surface area contributed by atoms with Gasteiger partial charge in [0.1, 0.15) is 11.9 Å². The molecule has 4 atom stereocenters. The number of hydrogen-bond acceptors (Lipinski definition) is 6. The average molecular weight is 337 g/mol. The third-order valence-corrected chi connectivity index (χ3v) is 4.37. The minimum Gasteiger partial charge on any atom is -0.387 e. The quantitative estimate of drug-likeness (QED) is 0.531. The smallest absolute Gasteiger partial charge is 0.351 e. The van der Waals surface area contributed by atoms with E-state index in [9.17, 15) is 18.9 Å². The molecular weight excluding hydrogens is 320 g/mol. The number of nitrogens with zero attached hydrogens (tertiary/aromatic N) is 2. The van der Waals surface area contributed by atoms with Crippen LogP contribution in [0.1, 0.15) is 19.6 Å². The van der Waals surface area contributed by atoms with Gasteiger partial charge in [-0.2, -0.15) is 4.98 Å². The second kappa shape index (κ2) is 5.71. The summed E-state index contributed by atoms with van der Waals surface area (Å²) in [6.45, 7) is 1.04. The predicted molar refractivity (Wildman–Crippen MR) is 73.9 cm³/mol. The van der Waals surface area contributed by atoms with Gasteiger partial charge in [-0.3, -0.25) is 9.13 Å². The molecule has 0 saturated carbocycles. The molecule has 0 amide bonds. The van der Waals surface area contributed by atoms with Gasteiger partial charge < -0.3 is 25.4 Å². The van der Waals surface area contributed by atoms with E-state index in [0.717, 1.165) is 11.5 Å². The zero-order valence-electron chi connectivity index (χ0n) is 11.7. The zero-order valence-corrected chi connectivity index (χ0v) is 12.6. The van der Waals surface area contributed by atoms with Gasteiger partial charge in [0, 0.05) is 6.20 Å². The highest BCUT2D eigenvalue weighted by Gasteiger charge is 2.55. The maximum Gasteiger partial charge on any atom is 0.351 e. The van der Waals surface area contributed by atoms with Crippen molar-refractivity contribution in [1.29, 1.82) is 0 Å². The van der Waals surface area contributed by atoms with Gasteiger partial charge in [0.15, 0.2) is 11.9 Å². The average Bonchev–Trinajstić information content (AvgIpc) is 2.59. The first-order chi connectivity index (χ1) is 10.0. The molecule has 0 aromatic carbocycles. The SMILES string of the molecule is C[C@@]1(F)C(O)[C@@H](CCP(=O)(O)O)O[C@H]1n1ccc(N)nc1=O. The monoisotopic (exact) mass is 337 g/mol. The van der Waals surface area contributed by atoms with Crippen LogP contribution in [-0.4, -0.2) is 48.5 Å². The van der Waals surface area contributed by atoms with E-state index in [-0.39, 0.29) is 12.2 Å². The van der Waals surface area contributed by atoms with Crippen molar-refractivity contribution >= 4 is 13.4 Å². The molecular formula is C11H17FN3O6P. The Morgan fingerprint density at radius 1 is 1.59 bits per heavy atom. The van der Waals surface area contributed by atoms with Crippen LogP contribution in [-0.2, 0) is 9.30 Å². The van der Waals surface area contributed by atoms with E-state index in [1.807, 2.05) is 0 Å². The summed E-state index contributed by atoms with van der Waals surface area (Å²) in [6, 6.07) is 1.27. The number of nitrogens with two attached hydrogens (primary N) is 1. The minimum absolute atomic E-state index is 0.0431. The van der Waals surface area contributed by atoms with Gasteiger partial charge in [0.2, 0.25) is 0 Å². The third-order valence-electron chi connectivity index (χ3n) is 3.53. The maximum atomic E-state index is 14.7. The van der Waals surface area contributed by atoms with Crippen molar-refractivity contribution in [2.75, 3.05) is 11.9 Å². The molecule has 0 aliphatic carbocycles. The molecule has 124 valence electrons. The lowest BCUT2D eigenvalue weighted by Crippen LogP contribution is -2.42. The van der Waals surface area contributed by atoms with Crippen molar-refractivity contribution in [3.63, 3.8) is 0 Å². The number of hydrogen-bond donors (Lipinski definition) is 4. The fraction of sp³-hybridized carbons (Fsp3) is 0.636. The topological polar surface area (TPSA) is 148 Å². The number of ether oxygens (including phenoxy) is 1. The summed E-state index contributed by atoms with van der Waals surface area (Å²) in [7, 11) is -4.31. The van der Waals surface area contributed by atoms with Crippen molar-refractivity contribution in [2.24, 2.45) is 0 Å². The first-order valence-corrected chi connectivity index (χ1v) is 8.24. The molecule has 0 spiro atoms. The van der Waals surface area contributed by atoms with E-state index in [0.29, 0.717) is 0 Å². The Morgan fingerprint density at radius 2 is 2.23 bits per heavy atom. The van der Waals surface area contributed by atoms with Crippen LogP contribution in [0.3, 0.4) is 0 Å². The lowest BCUT2D eigenvalue weighted by Gasteiger charge is -2.24. The molecule has 5 N–H and O–H groups in total. The zero-order chi connectivity index (χ0) is 16.7. The van der Waals surface area contributed by atoms with Crippen LogP contribution in [0.2, 0.25) is 0 Å². The van der Waals surface area contributed by atoms with Crippen LogP contribution in [0.4, 0.5) is 10.2 Å². The van der Waals surface area contributed by atoms with Gasteiger partial charge in [0.05, 0.1) is 12.3 Å². The van der Waals surface area contributed by atoms with Gasteiger partial charge >= 0.3 is 13.3 Å². The number of anilines is 1. The Morgan fingerprint density at radius 3 is 2.77 bits per heavy atom. The number of halogens is 1. The standard InChI is InChI=1S/C11H17FN3O6P/c1-11(12)8(16)6(3-5-22(18,19)20)21-9(11)15-4-2-7(13)14-10(15)17/h2,4,6,8-9,16H,3,5H2,1H3,(H2,13,14,17)(H2,18,19,20)/t6-,8?,9-,11-/m1/s1. The molecule has 2 heterocycles. The van der Waals surface area contributed by atoms with Crippen LogP contribution in [0, 0.1) is 0 Å². The van der Waals surface area contributed by atoms with Crippen molar-refractivity contribution in [3.8, 4) is 0 Å². The number of aliphatic hydroxyl groups is 1. The van der Waals surface area contributed by atoms with Crippen molar-refractivity contribution in [1.82, 2.24) is 9.55 Å². The molecule has 0 bridgehead atoms. The molecule has 1 fully saturated rings. The number of nitrogen functional groups attached to an aromatic ring is 1. The molecule has 1 aromatic heterocycles. The van der Waals surface area contributed by atoms with E-state index < -0.39 is 43.6 Å². The molecule has 9 nitrogen and oxygen atoms in total. The van der Waals surface area contributed by atoms with Gasteiger partial charge in [-0.05, 0) is 19.4 Å². The van der Waals surface area contributed by atoms with Crippen LogP contribution in [0.25, 0.3) is 0 Å². The Bertz CT molecular complexity index is 659. The normalized spacial score (nSPS) is 32.3. The molecule has 2 rings (SSSR count). The fourth-order valence-electron chi connectivity index (χ4n) is 2.35. The van der Waals surface area contributed by atoms with Gasteiger partial charge in [-0.15, -0.1) is 0 Å². The summed E-state index contributed by atoms with van der Waals surface area (Å²) in [5.74, 6) is -0.0431. The van der Waals surface area contributed by atoms with E-state index in [2.05, 4.69) is 4.98 Å². The fourth-order valence-corrected chi connectivity index (χ4v) is 2.94. The van der Waals surface area contributed by atoms with Crippen LogP contribution in [0.15, 0.2) is 17.1 Å². The molecule has 1 aliphatic heterocycles. The molecule has 1 unspecified atom stereocenters. The highest BCUT2D eigenvalue weighted by molar-refractivity contribution is 7.51. The van der Waals surface area contributed by atoms with Crippen LogP contribution < -0.4 is 11.4 Å². The summed E-state index contributed by atoms with van der Waals surface area (Å²) >= 11 is 0. The summed E-state index contributed by atoms with van der Waals surface area (Å²) in [5.41, 5.74) is 2.17. The minimum atomic E-state index is -4.31. The van der Waals surface area contributed by atoms with Crippen LogP contribution in [0.5, 0.6) is 0 Å². The number of rotatable bonds is 4. The van der Waals surface area contributed by atoms with Crippen LogP contribution >= 0.6 is 7.60 Å². The van der Waals surface area contributed by atoms with Crippen molar-refractivity contribution in [2.45, 2.75) is 37.4 Å². The first kappa shape index (κ1) is 17.0. The second-order valence-corrected chi connectivity index (χ2v) is 7.12. The van der Waals surface area contributed by atoms with Gasteiger partial charge in [0.25, 0.3) is 0 Å². The molecule has 11 heteroatoms. The summed E-state index contributed by atoms with van der Waals surface area (Å²) in [5, 5.41) is 9.98. The largest absolute Gasteiger partial charge is 0.387 e.